The van der Waals surface area contributed by atoms with Crippen LogP contribution in [0, 0.1) is 0 Å². The van der Waals surface area contributed by atoms with Gasteiger partial charge < -0.3 is 9.64 Å². The molecule has 0 saturated carbocycles. The topological polar surface area (TPSA) is 87.2 Å². The van der Waals surface area contributed by atoms with E-state index in [0.717, 1.165) is 0 Å². The lowest BCUT2D eigenvalue weighted by molar-refractivity contribution is -0.116. The Labute approximate surface area is 204 Å². The number of anilines is 1. The number of carbonyl (C=O) groups excluding carboxylic acids is 2. The second-order valence-electron chi connectivity index (χ2n) is 8.50. The van der Waals surface area contributed by atoms with Crippen LogP contribution in [0.3, 0.4) is 0 Å². The Kier molecular flexibility index (Phi) is 6.27. The predicted octanol–water partition coefficient (Wildman–Crippen LogP) is 4.10. The van der Waals surface area contributed by atoms with Crippen LogP contribution in [0.2, 0.25) is 0 Å². The number of rotatable bonds is 6. The smallest absolute Gasteiger partial charge is 0.332 e. The van der Waals surface area contributed by atoms with Crippen LogP contribution in [-0.4, -0.2) is 55.2 Å². The van der Waals surface area contributed by atoms with Gasteiger partial charge in [-0.15, -0.1) is 0 Å². The van der Waals surface area contributed by atoms with Crippen LogP contribution in [0.1, 0.15) is 12.8 Å². The van der Waals surface area contributed by atoms with Gasteiger partial charge in [0.1, 0.15) is 18.0 Å². The molecule has 2 aliphatic rings. The Hall–Kier alpha value is -3.69. The molecule has 5 rings (SSSR count). The van der Waals surface area contributed by atoms with E-state index in [1.165, 1.54) is 9.21 Å². The van der Waals surface area contributed by atoms with Crippen LogP contribution in [0.25, 0.3) is 0 Å². The van der Waals surface area contributed by atoms with Gasteiger partial charge in [0, 0.05) is 19.1 Å². The minimum Gasteiger partial charge on any atom is -0.457 e. The third kappa shape index (κ3) is 4.65. The number of piperidine rings is 1. The van der Waals surface area contributed by atoms with E-state index in [0.29, 0.717) is 30.0 Å². The average Bonchev–Trinajstić information content (AvgIpc) is 3.19. The molecule has 3 aromatic rings. The van der Waals surface area contributed by atoms with Crippen molar-refractivity contribution in [2.75, 3.05) is 24.5 Å². The number of imide groups is 1. The highest BCUT2D eigenvalue weighted by Gasteiger charge is 2.42. The predicted molar refractivity (Wildman–Crippen MR) is 131 cm³/mol. The van der Waals surface area contributed by atoms with Crippen molar-refractivity contribution in [2.24, 2.45) is 0 Å². The van der Waals surface area contributed by atoms with Gasteiger partial charge in [0.15, 0.2) is 0 Å². The van der Waals surface area contributed by atoms with Gasteiger partial charge >= 0.3 is 6.03 Å². The summed E-state index contributed by atoms with van der Waals surface area (Å²) in [5.74, 6) is 0.953. The fourth-order valence-electron chi connectivity index (χ4n) is 4.48. The van der Waals surface area contributed by atoms with Crippen molar-refractivity contribution in [3.05, 3.63) is 84.9 Å². The molecule has 35 heavy (non-hydrogen) atoms. The Bertz CT molecular complexity index is 1310. The summed E-state index contributed by atoms with van der Waals surface area (Å²) >= 11 is 0. The lowest BCUT2D eigenvalue weighted by Crippen LogP contribution is -2.48. The zero-order chi connectivity index (χ0) is 24.4. The van der Waals surface area contributed by atoms with E-state index in [9.17, 15) is 18.0 Å². The van der Waals surface area contributed by atoms with Crippen molar-refractivity contribution in [3.8, 4) is 11.5 Å². The number of hydrogen-bond donors (Lipinski definition) is 0. The van der Waals surface area contributed by atoms with E-state index in [1.54, 1.807) is 53.4 Å². The van der Waals surface area contributed by atoms with E-state index in [-0.39, 0.29) is 42.5 Å². The van der Waals surface area contributed by atoms with Crippen LogP contribution in [0.4, 0.5) is 10.5 Å². The van der Waals surface area contributed by atoms with E-state index in [1.807, 2.05) is 36.4 Å². The van der Waals surface area contributed by atoms with Crippen LogP contribution < -0.4 is 9.64 Å². The summed E-state index contributed by atoms with van der Waals surface area (Å²) < 4.78 is 33.5. The first-order valence-corrected chi connectivity index (χ1v) is 12.9. The van der Waals surface area contributed by atoms with E-state index in [4.69, 9.17) is 4.74 Å². The Morgan fingerprint density at radius 1 is 0.743 bits per heavy atom. The van der Waals surface area contributed by atoms with Gasteiger partial charge in [-0.05, 0) is 61.4 Å². The van der Waals surface area contributed by atoms with Crippen molar-refractivity contribution in [1.82, 2.24) is 9.21 Å². The first-order chi connectivity index (χ1) is 16.9. The number of benzene rings is 3. The van der Waals surface area contributed by atoms with Crippen molar-refractivity contribution in [2.45, 2.75) is 23.8 Å². The van der Waals surface area contributed by atoms with E-state index < -0.39 is 10.0 Å². The minimum absolute atomic E-state index is 0.00796. The third-order valence-corrected chi connectivity index (χ3v) is 8.22. The van der Waals surface area contributed by atoms with Gasteiger partial charge in [-0.3, -0.25) is 4.79 Å². The van der Waals surface area contributed by atoms with Crippen LogP contribution in [0.5, 0.6) is 11.5 Å². The van der Waals surface area contributed by atoms with Gasteiger partial charge in [-0.25, -0.2) is 18.1 Å². The molecule has 2 fully saturated rings. The van der Waals surface area contributed by atoms with Crippen LogP contribution in [0.15, 0.2) is 89.8 Å². The standard InChI is InChI=1S/C26H25N3O5S/c30-25-19-28(26(31)29(25)21-7-3-1-4-8-21)20-15-17-27(18-16-20)35(32,33)24-13-11-23(12-14-24)34-22-9-5-2-6-10-22/h1-14,20H,15-19H2. The number of carbonyl (C=O) groups is 2. The summed E-state index contributed by atoms with van der Waals surface area (Å²) in [6.45, 7) is 0.561. The molecular formula is C26H25N3O5S. The van der Waals surface area contributed by atoms with Crippen molar-refractivity contribution in [3.63, 3.8) is 0 Å². The zero-order valence-electron chi connectivity index (χ0n) is 19.0. The summed E-state index contributed by atoms with van der Waals surface area (Å²) in [6.07, 6.45) is 0.937. The lowest BCUT2D eigenvalue weighted by Gasteiger charge is -2.35. The molecule has 180 valence electrons. The van der Waals surface area contributed by atoms with Crippen LogP contribution in [-0.2, 0) is 14.8 Å². The number of para-hydroxylation sites is 2. The molecular weight excluding hydrogens is 466 g/mol. The first-order valence-electron chi connectivity index (χ1n) is 11.5. The fraction of sp³-hybridized carbons (Fsp3) is 0.231. The number of ether oxygens (including phenoxy) is 1. The molecule has 3 amide bonds. The molecule has 0 atom stereocenters. The number of urea groups is 1. The Balaban J connectivity index is 1.22. The second kappa shape index (κ2) is 9.52. The van der Waals surface area contributed by atoms with Crippen molar-refractivity contribution >= 4 is 27.6 Å². The number of nitrogens with zero attached hydrogens (tertiary/aromatic N) is 3. The Morgan fingerprint density at radius 3 is 1.94 bits per heavy atom. The van der Waals surface area contributed by atoms with E-state index in [2.05, 4.69) is 0 Å². The summed E-state index contributed by atoms with van der Waals surface area (Å²) in [7, 11) is -3.68. The molecule has 0 N–H and O–H groups in total. The van der Waals surface area contributed by atoms with Crippen molar-refractivity contribution < 1.29 is 22.7 Å². The molecule has 0 spiro atoms. The molecule has 2 heterocycles. The third-order valence-electron chi connectivity index (χ3n) is 6.31. The quantitative estimate of drug-likeness (QED) is 0.485. The molecule has 8 nitrogen and oxygen atoms in total. The molecule has 9 heteroatoms. The highest BCUT2D eigenvalue weighted by Crippen LogP contribution is 2.29. The highest BCUT2D eigenvalue weighted by atomic mass is 32.2. The first kappa shape index (κ1) is 23.1. The van der Waals surface area contributed by atoms with Gasteiger partial charge in [-0.1, -0.05) is 36.4 Å². The summed E-state index contributed by atoms with van der Waals surface area (Å²) in [5.41, 5.74) is 0.546. The fourth-order valence-corrected chi connectivity index (χ4v) is 5.95. The molecule has 0 unspecified atom stereocenters. The normalized spacial score (nSPS) is 17.7. The second-order valence-corrected chi connectivity index (χ2v) is 10.4. The largest absolute Gasteiger partial charge is 0.457 e. The average molecular weight is 492 g/mol. The highest BCUT2D eigenvalue weighted by molar-refractivity contribution is 7.89. The molecule has 0 radical (unpaired) electrons. The van der Waals surface area contributed by atoms with Gasteiger partial charge in [0.25, 0.3) is 5.91 Å². The molecule has 2 aliphatic heterocycles. The number of sulfonamides is 1. The van der Waals surface area contributed by atoms with Gasteiger partial charge in [0.2, 0.25) is 10.0 Å². The van der Waals surface area contributed by atoms with Gasteiger partial charge in [-0.2, -0.15) is 4.31 Å². The minimum atomic E-state index is -3.68. The molecule has 0 aromatic heterocycles. The maximum absolute atomic E-state index is 13.2. The Morgan fingerprint density at radius 2 is 1.31 bits per heavy atom. The molecule has 3 aromatic carbocycles. The maximum Gasteiger partial charge on any atom is 0.332 e. The molecule has 0 aliphatic carbocycles. The van der Waals surface area contributed by atoms with Crippen molar-refractivity contribution in [1.29, 1.82) is 0 Å². The summed E-state index contributed by atoms with van der Waals surface area (Å²) in [4.78, 5) is 28.5. The zero-order valence-corrected chi connectivity index (χ0v) is 19.8. The summed E-state index contributed by atoms with van der Waals surface area (Å²) in [5, 5.41) is 0. The van der Waals surface area contributed by atoms with Gasteiger partial charge in [0.05, 0.1) is 10.6 Å². The van der Waals surface area contributed by atoms with E-state index >= 15 is 0 Å². The molecule has 0 bridgehead atoms. The lowest BCUT2D eigenvalue weighted by atomic mass is 10.1. The summed E-state index contributed by atoms with van der Waals surface area (Å²) in [6, 6.07) is 23.9. The number of hydrogen-bond acceptors (Lipinski definition) is 5. The monoisotopic (exact) mass is 491 g/mol. The van der Waals surface area contributed by atoms with Crippen LogP contribution >= 0.6 is 0 Å². The SMILES string of the molecule is O=C1CN(C2CCN(S(=O)(=O)c3ccc(Oc4ccccc4)cc3)CC2)C(=O)N1c1ccccc1. The molecule has 2 saturated heterocycles. The number of amides is 3. The maximum atomic E-state index is 13.2.